The van der Waals surface area contributed by atoms with Crippen LogP contribution in [0.1, 0.15) is 54.3 Å². The van der Waals surface area contributed by atoms with E-state index in [4.69, 9.17) is 15.5 Å². The Hall–Kier alpha value is -0.450. The van der Waals surface area contributed by atoms with Crippen molar-refractivity contribution in [1.82, 2.24) is 4.98 Å². The monoisotopic (exact) mass is 254 g/mol. The Labute approximate surface area is 107 Å². The van der Waals surface area contributed by atoms with Gasteiger partial charge in [-0.1, -0.05) is 13.8 Å². The minimum atomic E-state index is 0.129. The highest BCUT2D eigenvalue weighted by atomic mass is 32.1. The number of aryl methyl sites for hydroxylation is 1. The number of rotatable bonds is 4. The van der Waals surface area contributed by atoms with Crippen molar-refractivity contribution < 1.29 is 4.74 Å². The van der Waals surface area contributed by atoms with Gasteiger partial charge in [-0.25, -0.2) is 4.98 Å². The summed E-state index contributed by atoms with van der Waals surface area (Å²) in [4.78, 5) is 6.24. The molecule has 96 valence electrons. The molecule has 17 heavy (non-hydrogen) atoms. The maximum atomic E-state index is 5.83. The van der Waals surface area contributed by atoms with Crippen molar-refractivity contribution in [1.29, 1.82) is 0 Å². The van der Waals surface area contributed by atoms with Gasteiger partial charge in [0, 0.05) is 24.4 Å². The van der Waals surface area contributed by atoms with Crippen molar-refractivity contribution in [3.63, 3.8) is 0 Å². The van der Waals surface area contributed by atoms with Gasteiger partial charge in [-0.15, -0.1) is 11.3 Å². The van der Waals surface area contributed by atoms with E-state index >= 15 is 0 Å². The molecule has 0 fully saturated rings. The second-order valence-electron chi connectivity index (χ2n) is 5.09. The highest BCUT2D eigenvalue weighted by molar-refractivity contribution is 7.11. The third-order valence-corrected chi connectivity index (χ3v) is 4.67. The van der Waals surface area contributed by atoms with Crippen molar-refractivity contribution in [3.8, 4) is 0 Å². The number of hydrogen-bond donors (Lipinski definition) is 1. The van der Waals surface area contributed by atoms with Crippen LogP contribution in [0.25, 0.3) is 0 Å². The molecule has 0 saturated carbocycles. The van der Waals surface area contributed by atoms with Gasteiger partial charge < -0.3 is 10.5 Å². The van der Waals surface area contributed by atoms with E-state index in [9.17, 15) is 0 Å². The molecule has 1 heterocycles. The lowest BCUT2D eigenvalue weighted by atomic mass is 9.91. The number of ether oxygens (including phenoxy) is 1. The van der Waals surface area contributed by atoms with Gasteiger partial charge in [-0.3, -0.25) is 0 Å². The zero-order valence-electron chi connectivity index (χ0n) is 10.9. The second kappa shape index (κ2) is 5.46. The highest BCUT2D eigenvalue weighted by Crippen LogP contribution is 2.38. The van der Waals surface area contributed by atoms with E-state index in [0.717, 1.165) is 18.0 Å². The van der Waals surface area contributed by atoms with E-state index in [-0.39, 0.29) is 6.10 Å². The molecule has 1 aromatic rings. The van der Waals surface area contributed by atoms with E-state index in [1.54, 1.807) is 7.11 Å². The number of thiazole rings is 1. The average molecular weight is 254 g/mol. The number of methoxy groups -OCH3 is 1. The van der Waals surface area contributed by atoms with Gasteiger partial charge in [0.25, 0.3) is 0 Å². The van der Waals surface area contributed by atoms with Gasteiger partial charge in [0.05, 0.1) is 5.69 Å². The summed E-state index contributed by atoms with van der Waals surface area (Å²) in [6.07, 6.45) is 3.73. The van der Waals surface area contributed by atoms with Crippen LogP contribution < -0.4 is 5.73 Å². The Kier molecular flexibility index (Phi) is 4.17. The molecule has 1 aliphatic rings. The number of fused-ring (bicyclic) bond motifs is 1. The fraction of sp³-hybridized carbons (Fsp3) is 0.769. The van der Waals surface area contributed by atoms with Crippen LogP contribution in [0.15, 0.2) is 0 Å². The lowest BCUT2D eigenvalue weighted by molar-refractivity contribution is 0.0643. The summed E-state index contributed by atoms with van der Waals surface area (Å²) in [5, 5.41) is 1.13. The molecule has 1 aliphatic carbocycles. The third-order valence-electron chi connectivity index (χ3n) is 3.47. The largest absolute Gasteiger partial charge is 0.374 e. The van der Waals surface area contributed by atoms with Crippen LogP contribution in [0.4, 0.5) is 0 Å². The Bertz CT molecular complexity index is 375. The van der Waals surface area contributed by atoms with E-state index in [0.29, 0.717) is 11.8 Å². The second-order valence-corrected chi connectivity index (χ2v) is 6.20. The van der Waals surface area contributed by atoms with Gasteiger partial charge in [0.15, 0.2) is 0 Å². The maximum absolute atomic E-state index is 5.83. The molecule has 3 nitrogen and oxygen atoms in total. The first-order valence-corrected chi connectivity index (χ1v) is 7.21. The summed E-state index contributed by atoms with van der Waals surface area (Å²) in [5.41, 5.74) is 7.08. The normalized spacial score (nSPS) is 21.6. The first kappa shape index (κ1) is 13.0. The molecule has 0 amide bonds. The fourth-order valence-electron chi connectivity index (χ4n) is 2.54. The van der Waals surface area contributed by atoms with Crippen LogP contribution in [0.5, 0.6) is 0 Å². The van der Waals surface area contributed by atoms with Gasteiger partial charge in [-0.2, -0.15) is 0 Å². The minimum absolute atomic E-state index is 0.129. The van der Waals surface area contributed by atoms with E-state index in [2.05, 4.69) is 13.8 Å². The van der Waals surface area contributed by atoms with Crippen LogP contribution in [0, 0.1) is 5.92 Å². The van der Waals surface area contributed by atoms with Crippen LogP contribution >= 0.6 is 11.3 Å². The number of aromatic nitrogens is 1. The first-order valence-electron chi connectivity index (χ1n) is 6.39. The molecule has 0 bridgehead atoms. The summed E-state index contributed by atoms with van der Waals surface area (Å²) >= 11 is 1.82. The molecule has 2 atom stereocenters. The molecule has 0 aromatic carbocycles. The predicted molar refractivity (Wildman–Crippen MR) is 71.4 cm³/mol. The maximum Gasteiger partial charge on any atom is 0.122 e. The minimum Gasteiger partial charge on any atom is -0.374 e. The number of nitrogens with two attached hydrogens (primary N) is 1. The Morgan fingerprint density at radius 3 is 2.88 bits per heavy atom. The quantitative estimate of drug-likeness (QED) is 0.898. The molecule has 0 aliphatic heterocycles. The summed E-state index contributed by atoms with van der Waals surface area (Å²) in [6, 6.07) is 0. The summed E-state index contributed by atoms with van der Waals surface area (Å²) in [6.45, 7) is 5.07. The zero-order valence-corrected chi connectivity index (χ0v) is 11.7. The van der Waals surface area contributed by atoms with Gasteiger partial charge >= 0.3 is 0 Å². The number of nitrogens with zero attached hydrogens (tertiary/aromatic N) is 1. The molecule has 2 unspecified atom stereocenters. The summed E-state index contributed by atoms with van der Waals surface area (Å²) in [7, 11) is 1.77. The SMILES string of the molecule is COC(c1nc2c(s1)CCCC2CN)C(C)C. The van der Waals surface area contributed by atoms with Crippen molar-refractivity contribution in [2.45, 2.75) is 45.1 Å². The first-order chi connectivity index (χ1) is 8.17. The summed E-state index contributed by atoms with van der Waals surface area (Å²) in [5.74, 6) is 0.928. The smallest absolute Gasteiger partial charge is 0.122 e. The molecule has 2 N–H and O–H groups in total. The van der Waals surface area contributed by atoms with Gasteiger partial charge in [-0.05, 0) is 25.2 Å². The van der Waals surface area contributed by atoms with E-state index < -0.39 is 0 Å². The van der Waals surface area contributed by atoms with Crippen LogP contribution in [0.2, 0.25) is 0 Å². The third kappa shape index (κ3) is 2.54. The Morgan fingerprint density at radius 2 is 2.29 bits per heavy atom. The van der Waals surface area contributed by atoms with Crippen molar-refractivity contribution in [2.75, 3.05) is 13.7 Å². The number of hydrogen-bond acceptors (Lipinski definition) is 4. The summed E-state index contributed by atoms with van der Waals surface area (Å²) < 4.78 is 5.56. The van der Waals surface area contributed by atoms with E-state index in [1.807, 2.05) is 11.3 Å². The molecular formula is C13H22N2OS. The van der Waals surface area contributed by atoms with Crippen LogP contribution in [-0.2, 0) is 11.2 Å². The molecule has 1 aromatic heterocycles. The standard InChI is InChI=1S/C13H22N2OS/c1-8(2)12(16-3)13-15-11-9(7-14)5-4-6-10(11)17-13/h8-9,12H,4-7,14H2,1-3H3. The van der Waals surface area contributed by atoms with E-state index in [1.165, 1.54) is 23.4 Å². The predicted octanol–water partition coefficient (Wildman–Crippen LogP) is 2.87. The molecule has 0 spiro atoms. The van der Waals surface area contributed by atoms with Crippen LogP contribution in [-0.4, -0.2) is 18.6 Å². The lowest BCUT2D eigenvalue weighted by Gasteiger charge is -2.19. The Balaban J connectivity index is 2.29. The topological polar surface area (TPSA) is 48.1 Å². The van der Waals surface area contributed by atoms with Crippen molar-refractivity contribution in [3.05, 3.63) is 15.6 Å². The molecule has 0 saturated heterocycles. The Morgan fingerprint density at radius 1 is 1.53 bits per heavy atom. The zero-order chi connectivity index (χ0) is 12.4. The van der Waals surface area contributed by atoms with Gasteiger partial charge in [0.2, 0.25) is 0 Å². The van der Waals surface area contributed by atoms with Crippen molar-refractivity contribution in [2.24, 2.45) is 11.7 Å². The molecule has 4 heteroatoms. The van der Waals surface area contributed by atoms with Crippen molar-refractivity contribution >= 4 is 11.3 Å². The lowest BCUT2D eigenvalue weighted by Crippen LogP contribution is -2.18. The molecule has 2 rings (SSSR count). The average Bonchev–Trinajstić information content (AvgIpc) is 2.72. The molecular weight excluding hydrogens is 232 g/mol. The highest BCUT2D eigenvalue weighted by Gasteiger charge is 2.27. The molecule has 0 radical (unpaired) electrons. The van der Waals surface area contributed by atoms with Gasteiger partial charge in [0.1, 0.15) is 11.1 Å². The fourth-order valence-corrected chi connectivity index (χ4v) is 3.98. The van der Waals surface area contributed by atoms with Crippen LogP contribution in [0.3, 0.4) is 0 Å².